The van der Waals surface area contributed by atoms with Gasteiger partial charge >= 0.3 is 0 Å². The van der Waals surface area contributed by atoms with Crippen molar-refractivity contribution in [1.29, 1.82) is 0 Å². The minimum atomic E-state index is 0.0309. The third-order valence-electron chi connectivity index (χ3n) is 4.29. The van der Waals surface area contributed by atoms with Gasteiger partial charge in [-0.05, 0) is 31.7 Å². The summed E-state index contributed by atoms with van der Waals surface area (Å²) in [6, 6.07) is 1.73. The molecule has 2 N–H and O–H groups in total. The number of pyridine rings is 1. The van der Waals surface area contributed by atoms with Crippen LogP contribution in [-0.2, 0) is 9.59 Å². The molecule has 0 unspecified atom stereocenters. The molecule has 106 valence electrons. The number of aromatic nitrogens is 1. The second-order valence-corrected chi connectivity index (χ2v) is 5.66. The van der Waals surface area contributed by atoms with Gasteiger partial charge in [0.15, 0.2) is 0 Å². The van der Waals surface area contributed by atoms with Gasteiger partial charge in [-0.25, -0.2) is 0 Å². The number of carbonyl (C=O) groups excluding carboxylic acids is 2. The fraction of sp³-hybridized carbons (Fsp3) is 0.533. The second kappa shape index (κ2) is 5.61. The Labute approximate surface area is 118 Å². The topological polar surface area (TPSA) is 71.1 Å². The fourth-order valence-electron chi connectivity index (χ4n) is 2.41. The van der Waals surface area contributed by atoms with Crippen LogP contribution in [0.4, 0.5) is 11.4 Å². The lowest BCUT2D eigenvalue weighted by Gasteiger charge is -2.26. The molecule has 2 aliphatic rings. The molecule has 0 radical (unpaired) electrons. The third kappa shape index (κ3) is 2.66. The highest BCUT2D eigenvalue weighted by Gasteiger charge is 2.27. The van der Waals surface area contributed by atoms with Gasteiger partial charge in [0.1, 0.15) is 0 Å². The first kappa shape index (κ1) is 13.1. The van der Waals surface area contributed by atoms with Crippen molar-refractivity contribution in [3.63, 3.8) is 0 Å². The predicted octanol–water partition coefficient (Wildman–Crippen LogP) is 2.56. The zero-order valence-electron chi connectivity index (χ0n) is 11.4. The lowest BCUT2D eigenvalue weighted by atomic mass is 9.84. The third-order valence-corrected chi connectivity index (χ3v) is 4.29. The van der Waals surface area contributed by atoms with Gasteiger partial charge in [0, 0.05) is 18.0 Å². The molecule has 5 heteroatoms. The van der Waals surface area contributed by atoms with E-state index < -0.39 is 0 Å². The van der Waals surface area contributed by atoms with Crippen molar-refractivity contribution >= 4 is 23.2 Å². The number of amides is 2. The van der Waals surface area contributed by atoms with Crippen molar-refractivity contribution in [3.05, 3.63) is 18.5 Å². The van der Waals surface area contributed by atoms with Crippen molar-refractivity contribution in [2.24, 2.45) is 11.8 Å². The fourth-order valence-corrected chi connectivity index (χ4v) is 2.41. The van der Waals surface area contributed by atoms with Crippen LogP contribution in [0.3, 0.4) is 0 Å². The maximum atomic E-state index is 12.0. The van der Waals surface area contributed by atoms with E-state index in [1.54, 1.807) is 18.5 Å². The summed E-state index contributed by atoms with van der Waals surface area (Å²) in [5.74, 6) is 0.314. The molecule has 0 atom stereocenters. The molecular formula is C15H19N3O2. The number of hydrogen-bond donors (Lipinski definition) is 2. The highest BCUT2D eigenvalue weighted by Crippen LogP contribution is 2.31. The van der Waals surface area contributed by atoms with Crippen LogP contribution in [0, 0.1) is 11.8 Å². The lowest BCUT2D eigenvalue weighted by molar-refractivity contribution is -0.123. The number of anilines is 2. The zero-order chi connectivity index (χ0) is 13.9. The molecule has 0 spiro atoms. The van der Waals surface area contributed by atoms with Crippen molar-refractivity contribution in [2.75, 3.05) is 10.6 Å². The Bertz CT molecular complexity index is 475. The van der Waals surface area contributed by atoms with E-state index in [0.29, 0.717) is 11.4 Å². The van der Waals surface area contributed by atoms with Gasteiger partial charge in [0.2, 0.25) is 11.8 Å². The van der Waals surface area contributed by atoms with Crippen LogP contribution in [-0.4, -0.2) is 16.8 Å². The van der Waals surface area contributed by atoms with Gasteiger partial charge in [-0.15, -0.1) is 0 Å². The van der Waals surface area contributed by atoms with Gasteiger partial charge in [-0.3, -0.25) is 14.6 Å². The highest BCUT2D eigenvalue weighted by atomic mass is 16.2. The monoisotopic (exact) mass is 273 g/mol. The smallest absolute Gasteiger partial charge is 0.227 e. The number of hydrogen-bond acceptors (Lipinski definition) is 3. The number of nitrogens with zero attached hydrogens (tertiary/aromatic N) is 1. The molecule has 2 saturated carbocycles. The van der Waals surface area contributed by atoms with Crippen molar-refractivity contribution in [1.82, 2.24) is 4.98 Å². The van der Waals surface area contributed by atoms with Crippen molar-refractivity contribution in [3.8, 4) is 0 Å². The first-order valence-corrected chi connectivity index (χ1v) is 7.30. The zero-order valence-corrected chi connectivity index (χ0v) is 11.4. The molecule has 5 nitrogen and oxygen atoms in total. The van der Waals surface area contributed by atoms with Crippen molar-refractivity contribution < 1.29 is 9.59 Å². The molecular weight excluding hydrogens is 254 g/mol. The highest BCUT2D eigenvalue weighted by molar-refractivity contribution is 6.00. The van der Waals surface area contributed by atoms with Crippen LogP contribution in [0.5, 0.6) is 0 Å². The lowest BCUT2D eigenvalue weighted by Crippen LogP contribution is -2.30. The Morgan fingerprint density at radius 2 is 1.50 bits per heavy atom. The molecule has 0 aromatic carbocycles. The SMILES string of the molecule is O=C(Nc1ccncc1NC(=O)C1CCC1)C1CCC1. The molecule has 2 fully saturated rings. The Balaban J connectivity index is 1.67. The average molecular weight is 273 g/mol. The summed E-state index contributed by atoms with van der Waals surface area (Å²) in [6.07, 6.45) is 9.28. The molecule has 20 heavy (non-hydrogen) atoms. The van der Waals surface area contributed by atoms with Crippen LogP contribution >= 0.6 is 0 Å². The van der Waals surface area contributed by atoms with E-state index >= 15 is 0 Å². The van der Waals surface area contributed by atoms with Crippen molar-refractivity contribution in [2.45, 2.75) is 38.5 Å². The van der Waals surface area contributed by atoms with E-state index in [2.05, 4.69) is 15.6 Å². The van der Waals surface area contributed by atoms with Crippen LogP contribution < -0.4 is 10.6 Å². The first-order chi connectivity index (χ1) is 9.74. The molecule has 1 aromatic heterocycles. The maximum absolute atomic E-state index is 12.0. The minimum absolute atomic E-state index is 0.0309. The predicted molar refractivity (Wildman–Crippen MR) is 76.2 cm³/mol. The normalized spacial score (nSPS) is 18.8. The Morgan fingerprint density at radius 3 is 2.00 bits per heavy atom. The van der Waals surface area contributed by atoms with E-state index in [-0.39, 0.29) is 23.7 Å². The summed E-state index contributed by atoms with van der Waals surface area (Å²) < 4.78 is 0. The van der Waals surface area contributed by atoms with Crippen LogP contribution in [0.1, 0.15) is 38.5 Å². The molecule has 1 aromatic rings. The summed E-state index contributed by atoms with van der Waals surface area (Å²) in [5.41, 5.74) is 1.24. The van der Waals surface area contributed by atoms with Crippen LogP contribution in [0.25, 0.3) is 0 Å². The summed E-state index contributed by atoms with van der Waals surface area (Å²) >= 11 is 0. The number of rotatable bonds is 4. The molecule has 1 heterocycles. The van der Waals surface area contributed by atoms with Crippen LogP contribution in [0.15, 0.2) is 18.5 Å². The Morgan fingerprint density at radius 1 is 0.950 bits per heavy atom. The first-order valence-electron chi connectivity index (χ1n) is 7.30. The average Bonchev–Trinajstić information content (AvgIpc) is 2.26. The molecule has 0 saturated heterocycles. The summed E-state index contributed by atoms with van der Waals surface area (Å²) in [7, 11) is 0. The molecule has 3 rings (SSSR count). The quantitative estimate of drug-likeness (QED) is 0.885. The summed E-state index contributed by atoms with van der Waals surface area (Å²) in [5, 5.41) is 5.78. The number of carbonyl (C=O) groups is 2. The molecule has 2 aliphatic carbocycles. The largest absolute Gasteiger partial charge is 0.324 e. The van der Waals surface area contributed by atoms with Gasteiger partial charge in [-0.2, -0.15) is 0 Å². The van der Waals surface area contributed by atoms with Gasteiger partial charge in [-0.1, -0.05) is 12.8 Å². The maximum Gasteiger partial charge on any atom is 0.227 e. The van der Waals surface area contributed by atoms with Crippen LogP contribution in [0.2, 0.25) is 0 Å². The second-order valence-electron chi connectivity index (χ2n) is 5.66. The summed E-state index contributed by atoms with van der Waals surface area (Å²) in [6.45, 7) is 0. The Kier molecular flexibility index (Phi) is 3.67. The number of nitrogens with one attached hydrogen (secondary N) is 2. The molecule has 2 amide bonds. The van der Waals surface area contributed by atoms with E-state index in [1.165, 1.54) is 0 Å². The molecule has 0 bridgehead atoms. The summed E-state index contributed by atoms with van der Waals surface area (Å²) in [4.78, 5) is 28.0. The van der Waals surface area contributed by atoms with E-state index in [4.69, 9.17) is 0 Å². The minimum Gasteiger partial charge on any atom is -0.324 e. The molecule has 0 aliphatic heterocycles. The van der Waals surface area contributed by atoms with Gasteiger partial charge in [0.05, 0.1) is 17.6 Å². The van der Waals surface area contributed by atoms with E-state index in [9.17, 15) is 9.59 Å². The van der Waals surface area contributed by atoms with E-state index in [1.807, 2.05) is 0 Å². The van der Waals surface area contributed by atoms with Gasteiger partial charge < -0.3 is 10.6 Å². The standard InChI is InChI=1S/C15H19N3O2/c19-14(10-3-1-4-10)17-12-7-8-16-9-13(12)18-15(20)11-5-2-6-11/h7-11H,1-6H2,(H,18,20)(H,16,17,19). The van der Waals surface area contributed by atoms with E-state index in [0.717, 1.165) is 38.5 Å². The Hall–Kier alpha value is -1.91. The van der Waals surface area contributed by atoms with Gasteiger partial charge in [0.25, 0.3) is 0 Å².